The van der Waals surface area contributed by atoms with E-state index in [0.717, 1.165) is 24.3 Å². The van der Waals surface area contributed by atoms with E-state index >= 15 is 0 Å². The second-order valence-corrected chi connectivity index (χ2v) is 23.0. The Kier molecular flexibility index (Phi) is 39.4. The number of aliphatic hydroxyl groups excluding tert-OH is 2. The van der Waals surface area contributed by atoms with E-state index < -0.39 is 41.1 Å². The van der Waals surface area contributed by atoms with E-state index in [0.29, 0.717) is 30.9 Å². The summed E-state index contributed by atoms with van der Waals surface area (Å²) in [6.45, 7) is 3.78. The Morgan fingerprint density at radius 1 is 0.661 bits per heavy atom. The largest absolute Gasteiger partial charge is 0.536 e. The zero-order chi connectivity index (χ0) is 38.2. The maximum absolute atomic E-state index is 10.6. The van der Waals surface area contributed by atoms with Crippen molar-refractivity contribution >= 4 is 45.3 Å². The van der Waals surface area contributed by atoms with E-state index in [1.54, 1.807) is 73.5 Å². The molecule has 1 fully saturated rings. The first-order valence-electron chi connectivity index (χ1n) is 16.6. The number of epoxide rings is 1. The maximum atomic E-state index is 10.6. The molecule has 4 atom stereocenters. The van der Waals surface area contributed by atoms with Crippen LogP contribution < -0.4 is 10.4 Å². The lowest BCUT2D eigenvalue weighted by molar-refractivity contribution is 0.00578. The first kappa shape index (κ1) is 63.9. The van der Waals surface area contributed by atoms with E-state index in [1.165, 1.54) is 7.11 Å². The number of hydrogen-bond donors (Lipinski definition) is 4. The summed E-state index contributed by atoms with van der Waals surface area (Å²) in [4.78, 5) is 21.1. The van der Waals surface area contributed by atoms with Crippen LogP contribution in [0.2, 0.25) is 18.6 Å². The molecule has 1 saturated heterocycles. The van der Waals surface area contributed by atoms with Crippen LogP contribution >= 0.6 is 0 Å². The second-order valence-electron chi connectivity index (χ2n) is 11.3. The van der Waals surface area contributed by atoms with Crippen LogP contribution in [0.25, 0.3) is 0 Å². The normalized spacial score (nSPS) is 15.7. The fourth-order valence-corrected chi connectivity index (χ4v) is 13.4. The van der Waals surface area contributed by atoms with E-state index in [4.69, 9.17) is 59.5 Å². The predicted molar refractivity (Wildman–Crippen MR) is 233 cm³/mol. The first-order chi connectivity index (χ1) is 24.4. The van der Waals surface area contributed by atoms with Crippen LogP contribution in [0.15, 0.2) is 60.7 Å². The van der Waals surface area contributed by atoms with Crippen LogP contribution in [0.5, 0.6) is 0 Å². The molecular formula is C37H80O15Si4. The summed E-state index contributed by atoms with van der Waals surface area (Å²) in [6.07, 6.45) is 0.762. The van der Waals surface area contributed by atoms with Gasteiger partial charge in [-0.2, -0.15) is 0 Å². The van der Waals surface area contributed by atoms with Crippen molar-refractivity contribution in [2.24, 2.45) is 0 Å². The van der Waals surface area contributed by atoms with Crippen molar-refractivity contribution in [3.05, 3.63) is 60.7 Å². The van der Waals surface area contributed by atoms with Crippen molar-refractivity contribution in [2.45, 2.75) is 80.8 Å². The molecule has 0 bridgehead atoms. The van der Waals surface area contributed by atoms with Gasteiger partial charge in [-0.3, -0.25) is 0 Å². The third-order valence-electron chi connectivity index (χ3n) is 7.63. The lowest BCUT2D eigenvalue weighted by Crippen LogP contribution is -2.58. The molecule has 1 aliphatic heterocycles. The number of aliphatic hydroxyl groups is 2. The Morgan fingerprint density at radius 3 is 1.52 bits per heavy atom. The van der Waals surface area contributed by atoms with Crippen molar-refractivity contribution < 1.29 is 69.1 Å². The van der Waals surface area contributed by atoms with Crippen molar-refractivity contribution in [3.63, 3.8) is 0 Å². The average molecular weight is 877 g/mol. The first-order valence-corrected chi connectivity index (χ1v) is 24.5. The van der Waals surface area contributed by atoms with Gasteiger partial charge in [-0.05, 0) is 24.6 Å². The van der Waals surface area contributed by atoms with Gasteiger partial charge < -0.3 is 69.1 Å². The van der Waals surface area contributed by atoms with Gasteiger partial charge >= 0.3 is 35.0 Å². The quantitative estimate of drug-likeness (QED) is 0.0675. The van der Waals surface area contributed by atoms with Gasteiger partial charge in [0, 0.05) is 80.3 Å². The molecule has 0 aliphatic carbocycles. The molecule has 3 rings (SSSR count). The van der Waals surface area contributed by atoms with Crippen LogP contribution in [-0.4, -0.2) is 156 Å². The fourth-order valence-electron chi connectivity index (χ4n) is 4.55. The lowest BCUT2D eigenvalue weighted by atomic mass is 10.4. The van der Waals surface area contributed by atoms with Crippen LogP contribution in [-0.2, 0) is 49.3 Å². The number of rotatable bonds is 24. The molecule has 56 heavy (non-hydrogen) atoms. The molecule has 1 aliphatic rings. The number of ether oxygens (including phenoxy) is 3. The number of hydrogen-bond acceptors (Lipinski definition) is 15. The van der Waals surface area contributed by atoms with E-state index in [1.807, 2.05) is 36.4 Å². The highest BCUT2D eigenvalue weighted by atomic mass is 28.5. The van der Waals surface area contributed by atoms with Gasteiger partial charge in [0.05, 0.1) is 26.4 Å². The predicted octanol–water partition coefficient (Wildman–Crippen LogP) is 3.93. The van der Waals surface area contributed by atoms with Gasteiger partial charge in [-0.1, -0.05) is 97.8 Å². The summed E-state index contributed by atoms with van der Waals surface area (Å²) < 4.78 is 58.2. The van der Waals surface area contributed by atoms with E-state index in [2.05, 4.69) is 0 Å². The molecule has 4 unspecified atom stereocenters. The third-order valence-corrected chi connectivity index (χ3v) is 19.0. The van der Waals surface area contributed by atoms with Gasteiger partial charge in [-0.15, -0.1) is 0 Å². The Balaban J connectivity index is -0.000000232. The topological polar surface area (TPSA) is 186 Å². The highest BCUT2D eigenvalue weighted by molar-refractivity contribution is 6.85. The van der Waals surface area contributed by atoms with Crippen LogP contribution in [0.4, 0.5) is 0 Å². The minimum atomic E-state index is -3.51. The van der Waals surface area contributed by atoms with Gasteiger partial charge in [0.25, 0.3) is 0 Å². The van der Waals surface area contributed by atoms with E-state index in [9.17, 15) is 9.59 Å². The molecule has 0 saturated carbocycles. The molecule has 1 heterocycles. The molecule has 2 aromatic rings. The van der Waals surface area contributed by atoms with Crippen molar-refractivity contribution in [1.82, 2.24) is 0 Å². The maximum Gasteiger partial charge on any atom is 0.536 e. The minimum Gasteiger partial charge on any atom is -0.408 e. The highest BCUT2D eigenvalue weighted by Crippen LogP contribution is 2.18. The Bertz CT molecular complexity index is 1120. The highest BCUT2D eigenvalue weighted by Gasteiger charge is 2.45. The smallest absolute Gasteiger partial charge is 0.408 e. The molecule has 0 radical (unpaired) electrons. The summed E-state index contributed by atoms with van der Waals surface area (Å²) >= 11 is 0. The Morgan fingerprint density at radius 2 is 1.11 bits per heavy atom. The minimum absolute atomic E-state index is 0. The van der Waals surface area contributed by atoms with Gasteiger partial charge in [0.15, 0.2) is 0 Å². The Hall–Kier alpha value is -1.29. The molecule has 2 aromatic carbocycles. The monoisotopic (exact) mass is 876 g/mol. The molecule has 0 aromatic heterocycles. The molecule has 334 valence electrons. The van der Waals surface area contributed by atoms with Gasteiger partial charge in [-0.25, -0.2) is 0 Å². The second kappa shape index (κ2) is 34.6. The van der Waals surface area contributed by atoms with Crippen molar-refractivity contribution in [2.75, 3.05) is 89.4 Å². The standard InChI is InChI=1S/C14H26O7Si2.C9H20O5Si.C9H14O3Si.5CH4/c1-19-23(18,10-6-9-20-12-13(16)11-15)21-22(2,17)14-7-4-3-5-8-14;1-10-15(11-2,12-3)6-4-5-13-7-9-8-14-9;1-10-13(11-2,12-3)9-7-5-4-6-8-9;;;;;/h3-5,7-8,13,15-18H,6,9-12H2,1-2H3;9H,4-8H2,1-3H3;4-8H,1-3H3;5*1H4. The molecule has 4 N–H and O–H groups in total. The molecule has 15 nitrogen and oxygen atoms in total. The van der Waals surface area contributed by atoms with Crippen molar-refractivity contribution in [3.8, 4) is 0 Å². The summed E-state index contributed by atoms with van der Waals surface area (Å²) in [6, 6.07) is 19.7. The molecule has 0 amide bonds. The number of benzene rings is 2. The third kappa shape index (κ3) is 23.9. The lowest BCUT2D eigenvalue weighted by Gasteiger charge is -2.30. The summed E-state index contributed by atoms with van der Waals surface area (Å²) in [5.74, 6) is 0. The van der Waals surface area contributed by atoms with Crippen LogP contribution in [0.1, 0.15) is 50.0 Å². The average Bonchev–Trinajstić information content (AvgIpc) is 4.00. The Labute approximate surface area is 344 Å². The van der Waals surface area contributed by atoms with Crippen LogP contribution in [0, 0.1) is 0 Å². The molecule has 19 heteroatoms. The van der Waals surface area contributed by atoms with E-state index in [-0.39, 0.29) is 63.0 Å². The van der Waals surface area contributed by atoms with Crippen LogP contribution in [0.3, 0.4) is 0 Å². The van der Waals surface area contributed by atoms with Gasteiger partial charge in [0.1, 0.15) is 12.2 Å². The summed E-state index contributed by atoms with van der Waals surface area (Å²) in [5.41, 5.74) is 0. The molecular weight excluding hydrogens is 797 g/mol. The molecule has 0 spiro atoms. The van der Waals surface area contributed by atoms with Gasteiger partial charge in [0.2, 0.25) is 0 Å². The SMILES string of the molecule is C.C.C.C.C.CO[Si](CCCOCC1CO1)(OC)OC.CO[Si](O)(CCCOCC(O)CO)O[Si](C)(O)c1ccccc1.CO[Si](OC)(OC)c1ccccc1. The zero-order valence-corrected chi connectivity index (χ0v) is 35.3. The summed E-state index contributed by atoms with van der Waals surface area (Å²) in [7, 11) is -0.707. The zero-order valence-electron chi connectivity index (χ0n) is 31.3. The fraction of sp³-hybridized carbons (Fsp3) is 0.676. The summed E-state index contributed by atoms with van der Waals surface area (Å²) in [5, 5.41) is 19.4. The van der Waals surface area contributed by atoms with Crippen molar-refractivity contribution in [1.29, 1.82) is 0 Å².